The Morgan fingerprint density at radius 2 is 1.82 bits per heavy atom. The largest absolute Gasteiger partial charge is 0.349 e. The van der Waals surface area contributed by atoms with Crippen molar-refractivity contribution in [1.82, 2.24) is 28.9 Å². The maximum Gasteiger partial charge on any atom is 0.349 e. The van der Waals surface area contributed by atoms with Crippen LogP contribution < -0.4 is 5.69 Å². The normalized spacial score (nSPS) is 13.3. The van der Waals surface area contributed by atoms with Crippen LogP contribution in [0.2, 0.25) is 5.02 Å². The predicted octanol–water partition coefficient (Wildman–Crippen LogP) is 4.73. The Morgan fingerprint density at radius 1 is 1.03 bits per heavy atom. The van der Waals surface area contributed by atoms with Crippen LogP contribution in [-0.4, -0.2) is 28.9 Å². The summed E-state index contributed by atoms with van der Waals surface area (Å²) in [4.78, 5) is 17.3. The molecule has 0 aliphatic rings. The quantitative estimate of drug-likeness (QED) is 0.352. The molecule has 2 atom stereocenters. The summed E-state index contributed by atoms with van der Waals surface area (Å²) in [5.74, 6) is -1.94. The van der Waals surface area contributed by atoms with Crippen molar-refractivity contribution in [3.8, 4) is 11.1 Å². The Bertz CT molecular complexity index is 1510. The summed E-state index contributed by atoms with van der Waals surface area (Å²) in [6, 6.07) is 12.0. The van der Waals surface area contributed by atoms with Crippen LogP contribution in [0.5, 0.6) is 0 Å². The van der Waals surface area contributed by atoms with E-state index in [4.69, 9.17) is 11.6 Å². The van der Waals surface area contributed by atoms with Gasteiger partial charge in [0.15, 0.2) is 0 Å². The van der Waals surface area contributed by atoms with E-state index in [0.29, 0.717) is 10.5 Å². The maximum atomic E-state index is 14.8. The first kappa shape index (κ1) is 22.0. The van der Waals surface area contributed by atoms with Crippen LogP contribution in [0.1, 0.15) is 24.4 Å². The molecule has 0 saturated heterocycles. The van der Waals surface area contributed by atoms with Crippen LogP contribution in [0, 0.1) is 11.6 Å². The van der Waals surface area contributed by atoms with E-state index in [9.17, 15) is 13.6 Å². The van der Waals surface area contributed by atoms with E-state index in [1.807, 2.05) is 18.2 Å². The van der Waals surface area contributed by atoms with Crippen LogP contribution in [-0.2, 0) is 6.54 Å². The average Bonchev–Trinajstić information content (AvgIpc) is 3.49. The number of benzene rings is 2. The lowest BCUT2D eigenvalue weighted by atomic mass is 9.91. The van der Waals surface area contributed by atoms with Gasteiger partial charge in [-0.15, -0.1) is 0 Å². The molecule has 2 unspecified atom stereocenters. The molecule has 0 spiro atoms. The molecule has 0 amide bonds. The zero-order chi connectivity index (χ0) is 23.8. The highest BCUT2D eigenvalue weighted by Crippen LogP contribution is 2.31. The molecule has 0 aliphatic heterocycles. The molecular weight excluding hydrogens is 462 g/mol. The van der Waals surface area contributed by atoms with Gasteiger partial charge in [0, 0.05) is 28.8 Å². The summed E-state index contributed by atoms with van der Waals surface area (Å²) in [5.41, 5.74) is 2.25. The molecule has 172 valence electrons. The van der Waals surface area contributed by atoms with Gasteiger partial charge in [-0.3, -0.25) is 9.08 Å². The van der Waals surface area contributed by atoms with E-state index in [2.05, 4.69) is 15.2 Å². The first-order chi connectivity index (χ1) is 16.4. The zero-order valence-electron chi connectivity index (χ0n) is 18.0. The third-order valence-corrected chi connectivity index (χ3v) is 6.18. The molecule has 3 aromatic heterocycles. The highest BCUT2D eigenvalue weighted by Gasteiger charge is 2.27. The predicted molar refractivity (Wildman–Crippen MR) is 124 cm³/mol. The van der Waals surface area contributed by atoms with Gasteiger partial charge in [0.05, 0.1) is 24.3 Å². The van der Waals surface area contributed by atoms with Crippen molar-refractivity contribution < 1.29 is 8.78 Å². The molecular formula is C24H19ClF2N6O. The summed E-state index contributed by atoms with van der Waals surface area (Å²) in [6.45, 7) is 1.99. The molecule has 34 heavy (non-hydrogen) atoms. The molecule has 10 heteroatoms. The number of hydrogen-bond donors (Lipinski definition) is 0. The van der Waals surface area contributed by atoms with Crippen LogP contribution >= 0.6 is 11.6 Å². The van der Waals surface area contributed by atoms with Crippen molar-refractivity contribution in [2.24, 2.45) is 0 Å². The Balaban J connectivity index is 1.57. The average molecular weight is 481 g/mol. The van der Waals surface area contributed by atoms with Gasteiger partial charge in [0.1, 0.15) is 24.3 Å². The first-order valence-corrected chi connectivity index (χ1v) is 10.9. The molecule has 0 bridgehead atoms. The fourth-order valence-corrected chi connectivity index (χ4v) is 4.24. The number of rotatable bonds is 6. The highest BCUT2D eigenvalue weighted by molar-refractivity contribution is 6.30. The van der Waals surface area contributed by atoms with Crippen LogP contribution in [0.15, 0.2) is 78.4 Å². The minimum absolute atomic E-state index is 0.220. The molecule has 5 aromatic rings. The molecule has 2 aromatic carbocycles. The number of fused-ring (bicyclic) bond motifs is 1. The minimum atomic E-state index is -0.697. The van der Waals surface area contributed by atoms with Gasteiger partial charge < -0.3 is 0 Å². The SMILES string of the molecule is CC(C(Cn1cncn1)c1ccc(F)cc1F)n1ncc2cc(-c3ccc(Cl)cc3)cn2c1=O. The monoisotopic (exact) mass is 480 g/mol. The highest BCUT2D eigenvalue weighted by atomic mass is 35.5. The van der Waals surface area contributed by atoms with Crippen LogP contribution in [0.25, 0.3) is 16.6 Å². The van der Waals surface area contributed by atoms with Crippen molar-refractivity contribution in [2.45, 2.75) is 25.4 Å². The lowest BCUT2D eigenvalue weighted by Gasteiger charge is -2.25. The van der Waals surface area contributed by atoms with E-state index < -0.39 is 23.6 Å². The first-order valence-electron chi connectivity index (χ1n) is 10.5. The molecule has 0 fully saturated rings. The molecule has 0 saturated carbocycles. The lowest BCUT2D eigenvalue weighted by Crippen LogP contribution is -2.34. The van der Waals surface area contributed by atoms with E-state index >= 15 is 0 Å². The molecule has 3 heterocycles. The summed E-state index contributed by atoms with van der Waals surface area (Å²) in [7, 11) is 0. The number of halogens is 3. The van der Waals surface area contributed by atoms with Gasteiger partial charge in [0.2, 0.25) is 0 Å². The second kappa shape index (κ2) is 8.83. The Morgan fingerprint density at radius 3 is 2.53 bits per heavy atom. The fraction of sp³-hybridized carbons (Fsp3) is 0.167. The molecule has 0 aliphatic carbocycles. The Kier molecular flexibility index (Phi) is 5.70. The van der Waals surface area contributed by atoms with Gasteiger partial charge in [0.25, 0.3) is 0 Å². The van der Waals surface area contributed by atoms with Gasteiger partial charge in [-0.25, -0.2) is 23.2 Å². The van der Waals surface area contributed by atoms with Gasteiger partial charge in [-0.2, -0.15) is 10.2 Å². The van der Waals surface area contributed by atoms with Crippen molar-refractivity contribution in [3.05, 3.63) is 106 Å². The van der Waals surface area contributed by atoms with Crippen molar-refractivity contribution >= 4 is 17.1 Å². The summed E-state index contributed by atoms with van der Waals surface area (Å²) in [6.07, 6.45) is 6.20. The fourth-order valence-electron chi connectivity index (χ4n) is 4.12. The molecule has 0 N–H and O–H groups in total. The van der Waals surface area contributed by atoms with E-state index in [1.54, 1.807) is 36.1 Å². The zero-order valence-corrected chi connectivity index (χ0v) is 18.8. The third kappa shape index (κ3) is 4.10. The molecule has 0 radical (unpaired) electrons. The maximum absolute atomic E-state index is 14.8. The third-order valence-electron chi connectivity index (χ3n) is 5.92. The molecule has 5 rings (SSSR count). The second-order valence-electron chi connectivity index (χ2n) is 8.03. The van der Waals surface area contributed by atoms with Crippen LogP contribution in [0.3, 0.4) is 0 Å². The van der Waals surface area contributed by atoms with Gasteiger partial charge in [-0.1, -0.05) is 29.8 Å². The smallest absolute Gasteiger partial charge is 0.266 e. The summed E-state index contributed by atoms with van der Waals surface area (Å²) < 4.78 is 32.7. The van der Waals surface area contributed by atoms with Crippen molar-refractivity contribution in [3.63, 3.8) is 0 Å². The number of nitrogens with zero attached hydrogens (tertiary/aromatic N) is 6. The van der Waals surface area contributed by atoms with Crippen molar-refractivity contribution in [2.75, 3.05) is 0 Å². The minimum Gasteiger partial charge on any atom is -0.266 e. The lowest BCUT2D eigenvalue weighted by molar-refractivity contribution is 0.334. The van der Waals surface area contributed by atoms with E-state index in [-0.39, 0.29) is 17.8 Å². The van der Waals surface area contributed by atoms with E-state index in [0.717, 1.165) is 17.2 Å². The van der Waals surface area contributed by atoms with Gasteiger partial charge >= 0.3 is 5.69 Å². The summed E-state index contributed by atoms with van der Waals surface area (Å²) in [5, 5.41) is 9.10. The molecule has 7 nitrogen and oxygen atoms in total. The number of aromatic nitrogens is 6. The Hall–Kier alpha value is -3.85. The van der Waals surface area contributed by atoms with Gasteiger partial charge in [-0.05, 0) is 42.3 Å². The number of hydrogen-bond acceptors (Lipinski definition) is 4. The van der Waals surface area contributed by atoms with Crippen LogP contribution in [0.4, 0.5) is 8.78 Å². The topological polar surface area (TPSA) is 70.0 Å². The standard InChI is InChI=1S/C24H19ClF2N6O/c1-15(22(12-31-14-28-13-30-31)21-7-6-19(26)9-23(21)27)33-24(34)32-11-17(8-20(32)10-29-33)16-2-4-18(25)5-3-16/h2-11,13-15,22H,12H2,1H3. The van der Waals surface area contributed by atoms with Crippen molar-refractivity contribution in [1.29, 1.82) is 0 Å². The van der Waals surface area contributed by atoms with E-state index in [1.165, 1.54) is 33.9 Å². The second-order valence-corrected chi connectivity index (χ2v) is 8.47. The Labute approximate surface area is 197 Å². The summed E-state index contributed by atoms with van der Waals surface area (Å²) >= 11 is 5.98.